The predicted molar refractivity (Wildman–Crippen MR) is 78.1 cm³/mol. The third kappa shape index (κ3) is 3.39. The summed E-state index contributed by atoms with van der Waals surface area (Å²) in [5.41, 5.74) is 0.862. The largest absolute Gasteiger partial charge is 0.372 e. The van der Waals surface area contributed by atoms with Crippen LogP contribution in [-0.4, -0.2) is 31.4 Å². The smallest absolute Gasteiger partial charge is 0.124 e. The first kappa shape index (κ1) is 14.4. The minimum Gasteiger partial charge on any atom is -0.372 e. The summed E-state index contributed by atoms with van der Waals surface area (Å²) < 4.78 is 25.9. The van der Waals surface area contributed by atoms with Crippen LogP contribution in [-0.2, 0) is 16.1 Å². The van der Waals surface area contributed by atoms with Crippen LogP contribution in [0.4, 0.5) is 4.39 Å². The van der Waals surface area contributed by atoms with Gasteiger partial charge in [0.05, 0.1) is 24.9 Å². The normalized spacial score (nSPS) is 25.2. The van der Waals surface area contributed by atoms with Gasteiger partial charge in [-0.3, -0.25) is 0 Å². The van der Waals surface area contributed by atoms with Crippen LogP contribution in [0.15, 0.2) is 22.7 Å². The van der Waals surface area contributed by atoms with Crippen molar-refractivity contribution in [3.8, 4) is 0 Å². The Morgan fingerprint density at radius 1 is 1.35 bits per heavy atom. The van der Waals surface area contributed by atoms with Gasteiger partial charge in [0.1, 0.15) is 5.82 Å². The molecule has 0 aromatic heterocycles. The number of hydrogen-bond donors (Lipinski definition) is 1. The first-order chi connectivity index (χ1) is 9.65. The molecular formula is C15H19BrFNO2. The van der Waals surface area contributed by atoms with Crippen LogP contribution in [0.5, 0.6) is 0 Å². The molecule has 1 spiro atoms. The van der Waals surface area contributed by atoms with Crippen molar-refractivity contribution in [1.82, 2.24) is 5.32 Å². The molecule has 2 aliphatic heterocycles. The Balaban J connectivity index is 1.54. The van der Waals surface area contributed by atoms with Crippen molar-refractivity contribution in [1.29, 1.82) is 0 Å². The van der Waals surface area contributed by atoms with Crippen LogP contribution >= 0.6 is 15.9 Å². The molecule has 1 N–H and O–H groups in total. The topological polar surface area (TPSA) is 30.5 Å². The Kier molecular flexibility index (Phi) is 4.40. The van der Waals surface area contributed by atoms with Crippen LogP contribution in [0.1, 0.15) is 24.8 Å². The summed E-state index contributed by atoms with van der Waals surface area (Å²) in [6, 6.07) is 4.85. The van der Waals surface area contributed by atoms with Gasteiger partial charge in [0, 0.05) is 10.9 Å². The van der Waals surface area contributed by atoms with E-state index in [0.29, 0.717) is 13.2 Å². The van der Waals surface area contributed by atoms with E-state index in [4.69, 9.17) is 9.47 Å². The number of ether oxygens (including phenoxy) is 2. The van der Waals surface area contributed by atoms with Gasteiger partial charge in [-0.05, 0) is 49.7 Å². The zero-order valence-corrected chi connectivity index (χ0v) is 12.9. The summed E-state index contributed by atoms with van der Waals surface area (Å²) >= 11 is 3.30. The number of halogens is 2. The molecule has 2 fully saturated rings. The SMILES string of the molecule is Fc1cc(Br)cc(COC2COC3(CCNCC3)C2)c1. The zero-order valence-electron chi connectivity index (χ0n) is 11.3. The Labute approximate surface area is 127 Å². The fraction of sp³-hybridized carbons (Fsp3) is 0.600. The van der Waals surface area contributed by atoms with Gasteiger partial charge in [-0.1, -0.05) is 15.9 Å². The molecule has 0 radical (unpaired) electrons. The highest BCUT2D eigenvalue weighted by molar-refractivity contribution is 9.10. The van der Waals surface area contributed by atoms with Crippen molar-refractivity contribution in [3.05, 3.63) is 34.1 Å². The van der Waals surface area contributed by atoms with E-state index in [1.165, 1.54) is 12.1 Å². The first-order valence-corrected chi connectivity index (χ1v) is 7.86. The standard InChI is InChI=1S/C15H19BrFNO2/c16-12-5-11(6-13(17)7-12)9-19-14-8-15(20-10-14)1-3-18-4-2-15/h5-7,14,18H,1-4,8-10H2. The maximum atomic E-state index is 13.3. The maximum absolute atomic E-state index is 13.3. The second-order valence-electron chi connectivity index (χ2n) is 5.66. The number of nitrogens with one attached hydrogen (secondary N) is 1. The van der Waals surface area contributed by atoms with E-state index in [1.807, 2.05) is 6.07 Å². The summed E-state index contributed by atoms with van der Waals surface area (Å²) in [6.07, 6.45) is 3.18. The molecule has 1 atom stereocenters. The van der Waals surface area contributed by atoms with Crippen molar-refractivity contribution < 1.29 is 13.9 Å². The van der Waals surface area contributed by atoms with E-state index < -0.39 is 0 Å². The lowest BCUT2D eigenvalue weighted by Gasteiger charge is -2.32. The van der Waals surface area contributed by atoms with Gasteiger partial charge in [-0.25, -0.2) is 4.39 Å². The molecule has 0 bridgehead atoms. The van der Waals surface area contributed by atoms with E-state index in [2.05, 4.69) is 21.2 Å². The molecular weight excluding hydrogens is 325 g/mol. The second-order valence-corrected chi connectivity index (χ2v) is 6.57. The van der Waals surface area contributed by atoms with Crippen molar-refractivity contribution in [2.24, 2.45) is 0 Å². The van der Waals surface area contributed by atoms with Gasteiger partial charge < -0.3 is 14.8 Å². The monoisotopic (exact) mass is 343 g/mol. The molecule has 1 aromatic rings. The van der Waals surface area contributed by atoms with Crippen molar-refractivity contribution in [3.63, 3.8) is 0 Å². The van der Waals surface area contributed by atoms with Gasteiger partial charge in [0.2, 0.25) is 0 Å². The van der Waals surface area contributed by atoms with Crippen LogP contribution in [0.2, 0.25) is 0 Å². The Morgan fingerprint density at radius 2 is 2.15 bits per heavy atom. The molecule has 3 rings (SSSR count). The minimum absolute atomic E-state index is 0.0123. The number of benzene rings is 1. The highest BCUT2D eigenvalue weighted by atomic mass is 79.9. The molecule has 1 unspecified atom stereocenters. The highest BCUT2D eigenvalue weighted by Crippen LogP contribution is 2.35. The zero-order chi connectivity index (χ0) is 14.0. The first-order valence-electron chi connectivity index (χ1n) is 7.07. The van der Waals surface area contributed by atoms with E-state index in [9.17, 15) is 4.39 Å². The molecule has 0 aliphatic carbocycles. The lowest BCUT2D eigenvalue weighted by Crippen LogP contribution is -2.41. The lowest BCUT2D eigenvalue weighted by atomic mass is 9.89. The average Bonchev–Trinajstić information content (AvgIpc) is 2.79. The molecule has 2 aliphatic rings. The summed E-state index contributed by atoms with van der Waals surface area (Å²) in [5, 5.41) is 3.35. The van der Waals surface area contributed by atoms with Gasteiger partial charge in [-0.15, -0.1) is 0 Å². The Morgan fingerprint density at radius 3 is 2.90 bits per heavy atom. The number of rotatable bonds is 3. The third-order valence-electron chi connectivity index (χ3n) is 4.10. The molecule has 1 aromatic carbocycles. The fourth-order valence-corrected chi connectivity index (χ4v) is 3.56. The Bertz CT molecular complexity index is 457. The summed E-state index contributed by atoms with van der Waals surface area (Å²) in [6.45, 7) is 3.11. The molecule has 5 heteroatoms. The molecule has 110 valence electrons. The van der Waals surface area contributed by atoms with Gasteiger partial charge in [0.15, 0.2) is 0 Å². The average molecular weight is 344 g/mol. The summed E-state index contributed by atoms with van der Waals surface area (Å²) in [5.74, 6) is -0.240. The van der Waals surface area contributed by atoms with Crippen LogP contribution in [0.25, 0.3) is 0 Å². The summed E-state index contributed by atoms with van der Waals surface area (Å²) in [4.78, 5) is 0. The quantitative estimate of drug-likeness (QED) is 0.914. The van der Waals surface area contributed by atoms with E-state index >= 15 is 0 Å². The second kappa shape index (κ2) is 6.10. The van der Waals surface area contributed by atoms with Gasteiger partial charge in [-0.2, -0.15) is 0 Å². The van der Waals surface area contributed by atoms with Crippen LogP contribution < -0.4 is 5.32 Å². The Hall–Kier alpha value is -0.490. The van der Waals surface area contributed by atoms with Crippen molar-refractivity contribution in [2.45, 2.75) is 37.6 Å². The van der Waals surface area contributed by atoms with Crippen molar-refractivity contribution >= 4 is 15.9 Å². The predicted octanol–water partition coefficient (Wildman–Crippen LogP) is 3.02. The van der Waals surface area contributed by atoms with Crippen molar-refractivity contribution in [2.75, 3.05) is 19.7 Å². The number of hydrogen-bond acceptors (Lipinski definition) is 3. The molecule has 20 heavy (non-hydrogen) atoms. The van der Waals surface area contributed by atoms with Crippen LogP contribution in [0.3, 0.4) is 0 Å². The molecule has 0 saturated carbocycles. The maximum Gasteiger partial charge on any atom is 0.124 e. The number of piperidine rings is 1. The summed E-state index contributed by atoms with van der Waals surface area (Å²) in [7, 11) is 0. The highest BCUT2D eigenvalue weighted by Gasteiger charge is 2.41. The molecule has 0 amide bonds. The van der Waals surface area contributed by atoms with Crippen LogP contribution in [0, 0.1) is 5.82 Å². The molecule has 3 nitrogen and oxygen atoms in total. The van der Waals surface area contributed by atoms with E-state index in [0.717, 1.165) is 42.4 Å². The molecule has 2 saturated heterocycles. The lowest BCUT2D eigenvalue weighted by molar-refractivity contribution is -0.0241. The van der Waals surface area contributed by atoms with Gasteiger partial charge in [0.25, 0.3) is 0 Å². The third-order valence-corrected chi connectivity index (χ3v) is 4.56. The minimum atomic E-state index is -0.240. The molecule has 2 heterocycles. The van der Waals surface area contributed by atoms with E-state index in [-0.39, 0.29) is 17.5 Å². The fourth-order valence-electron chi connectivity index (χ4n) is 3.05. The van der Waals surface area contributed by atoms with E-state index in [1.54, 1.807) is 0 Å². The van der Waals surface area contributed by atoms with Gasteiger partial charge >= 0.3 is 0 Å².